The third kappa shape index (κ3) is 4.44. The number of ether oxygens (including phenoxy) is 1. The van der Waals surface area contributed by atoms with E-state index < -0.39 is 23.9 Å². The summed E-state index contributed by atoms with van der Waals surface area (Å²) in [7, 11) is 1.48. The summed E-state index contributed by atoms with van der Waals surface area (Å²) in [6.07, 6.45) is 1.62. The van der Waals surface area contributed by atoms with Gasteiger partial charge < -0.3 is 18.9 Å². The van der Waals surface area contributed by atoms with Crippen LogP contribution in [0.25, 0.3) is 0 Å². The quantitative estimate of drug-likeness (QED) is 0.558. The van der Waals surface area contributed by atoms with Gasteiger partial charge in [-0.15, -0.1) is 0 Å². The molecule has 2 aliphatic heterocycles. The lowest BCUT2D eigenvalue weighted by atomic mass is 9.79. The van der Waals surface area contributed by atoms with Gasteiger partial charge in [0.25, 0.3) is 0 Å². The second-order valence-electron chi connectivity index (χ2n) is 10.3. The molecule has 0 bridgehead atoms. The lowest BCUT2D eigenvalue weighted by Crippen LogP contribution is -2.62. The highest BCUT2D eigenvalue weighted by molar-refractivity contribution is 6.63. The molecule has 3 rings (SSSR count). The maximum Gasteiger partial charge on any atom is 0.516 e. The van der Waals surface area contributed by atoms with Crippen molar-refractivity contribution in [1.82, 2.24) is 4.98 Å². The molecule has 29 heavy (non-hydrogen) atoms. The van der Waals surface area contributed by atoms with Crippen molar-refractivity contribution in [1.29, 1.82) is 0 Å². The fourth-order valence-corrected chi connectivity index (χ4v) is 3.50. The maximum absolute atomic E-state index is 12.7. The molecule has 0 radical (unpaired) electrons. The van der Waals surface area contributed by atoms with Crippen LogP contribution in [0.15, 0.2) is 18.3 Å². The average molecular weight is 404 g/mol. The third-order valence-corrected chi connectivity index (χ3v) is 6.18. The summed E-state index contributed by atoms with van der Waals surface area (Å²) in [5.41, 5.74) is -0.363. The molecule has 0 aromatic carbocycles. The molecule has 2 fully saturated rings. The van der Waals surface area contributed by atoms with Gasteiger partial charge in [-0.2, -0.15) is 4.79 Å². The standard InChI is InChI=1S/C21H35BN3O4/c1-19(2,3)27-18(26)25(8)14-12-24(13-15-25)17-16(10-9-11-23-17)22-28-20(4,5)21(6,7)29-22/h9-11H,12-15H2,1-8H3/q+1. The van der Waals surface area contributed by atoms with Gasteiger partial charge in [0.05, 0.1) is 31.3 Å². The third-order valence-electron chi connectivity index (χ3n) is 6.18. The summed E-state index contributed by atoms with van der Waals surface area (Å²) < 4.78 is 18.4. The number of carbonyl (C=O) groups excluding carboxylic acids is 1. The summed E-state index contributed by atoms with van der Waals surface area (Å²) >= 11 is 0. The van der Waals surface area contributed by atoms with E-state index in [4.69, 9.17) is 14.0 Å². The normalized spacial score (nSPS) is 23.2. The van der Waals surface area contributed by atoms with Crippen LogP contribution in [0.3, 0.4) is 0 Å². The van der Waals surface area contributed by atoms with Crippen LogP contribution >= 0.6 is 0 Å². The van der Waals surface area contributed by atoms with Crippen LogP contribution in [0, 0.1) is 0 Å². The van der Waals surface area contributed by atoms with Gasteiger partial charge in [0.2, 0.25) is 0 Å². The molecule has 2 aliphatic rings. The number of nitrogens with zero attached hydrogens (tertiary/aromatic N) is 3. The fraction of sp³-hybridized carbons (Fsp3) is 0.714. The molecule has 1 aromatic rings. The maximum atomic E-state index is 12.7. The highest BCUT2D eigenvalue weighted by Crippen LogP contribution is 2.37. The van der Waals surface area contributed by atoms with Crippen molar-refractivity contribution in [2.45, 2.75) is 65.3 Å². The van der Waals surface area contributed by atoms with E-state index in [1.807, 2.05) is 67.6 Å². The van der Waals surface area contributed by atoms with Gasteiger partial charge in [0.15, 0.2) is 0 Å². The summed E-state index contributed by atoms with van der Waals surface area (Å²) in [4.78, 5) is 19.5. The van der Waals surface area contributed by atoms with Crippen LogP contribution < -0.4 is 10.4 Å². The summed E-state index contributed by atoms with van der Waals surface area (Å²) in [6, 6.07) is 3.93. The van der Waals surface area contributed by atoms with E-state index in [0.717, 1.165) is 11.3 Å². The van der Waals surface area contributed by atoms with E-state index in [-0.39, 0.29) is 10.6 Å². The molecule has 8 heteroatoms. The molecule has 1 aromatic heterocycles. The van der Waals surface area contributed by atoms with E-state index in [1.165, 1.54) is 0 Å². The van der Waals surface area contributed by atoms with Gasteiger partial charge in [-0.25, -0.2) is 9.47 Å². The Morgan fingerprint density at radius 2 is 1.72 bits per heavy atom. The Morgan fingerprint density at radius 3 is 2.24 bits per heavy atom. The molecule has 0 unspecified atom stereocenters. The predicted octanol–water partition coefficient (Wildman–Crippen LogP) is 2.58. The van der Waals surface area contributed by atoms with Gasteiger partial charge in [-0.05, 0) is 54.5 Å². The van der Waals surface area contributed by atoms with E-state index in [9.17, 15) is 4.79 Å². The number of quaternary nitrogens is 1. The van der Waals surface area contributed by atoms with Gasteiger partial charge in [-0.1, -0.05) is 6.07 Å². The number of pyridine rings is 1. The monoisotopic (exact) mass is 404 g/mol. The van der Waals surface area contributed by atoms with Crippen molar-refractivity contribution < 1.29 is 23.3 Å². The number of aromatic nitrogens is 1. The second-order valence-corrected chi connectivity index (χ2v) is 10.3. The SMILES string of the molecule is CC(C)(C)OC(=O)[N+]1(C)CCN(c2ncccc2B2OC(C)(C)C(C)(C)O2)CC1. The first kappa shape index (κ1) is 22.1. The van der Waals surface area contributed by atoms with Crippen molar-refractivity contribution in [2.75, 3.05) is 38.1 Å². The number of rotatable bonds is 2. The topological polar surface area (TPSA) is 60.9 Å². The number of anilines is 1. The number of hydrogen-bond acceptors (Lipinski definition) is 6. The van der Waals surface area contributed by atoms with Crippen LogP contribution in [0.1, 0.15) is 48.5 Å². The Balaban J connectivity index is 1.75. The molecule has 0 saturated carbocycles. The van der Waals surface area contributed by atoms with E-state index >= 15 is 0 Å². The average Bonchev–Trinajstić information content (AvgIpc) is 2.82. The molecule has 0 aliphatic carbocycles. The van der Waals surface area contributed by atoms with Crippen LogP contribution in [0.5, 0.6) is 0 Å². The van der Waals surface area contributed by atoms with Crippen LogP contribution in [-0.4, -0.2) is 72.7 Å². The molecule has 3 heterocycles. The molecule has 160 valence electrons. The zero-order valence-electron chi connectivity index (χ0n) is 19.1. The van der Waals surface area contributed by atoms with Crippen molar-refractivity contribution in [3.05, 3.63) is 18.3 Å². The highest BCUT2D eigenvalue weighted by Gasteiger charge is 2.53. The zero-order chi connectivity index (χ0) is 21.7. The Hall–Kier alpha value is -1.64. The molecule has 0 spiro atoms. The van der Waals surface area contributed by atoms with Gasteiger partial charge in [0.1, 0.15) is 24.5 Å². The van der Waals surface area contributed by atoms with Crippen LogP contribution in [0.2, 0.25) is 0 Å². The number of carbonyl (C=O) groups is 1. The zero-order valence-corrected chi connectivity index (χ0v) is 19.1. The first-order chi connectivity index (χ1) is 13.2. The minimum absolute atomic E-state index is 0.177. The molecule has 0 N–H and O–H groups in total. The molecule has 1 amide bonds. The van der Waals surface area contributed by atoms with Crippen molar-refractivity contribution in [3.8, 4) is 0 Å². The molecule has 2 saturated heterocycles. The van der Waals surface area contributed by atoms with E-state index in [1.54, 1.807) is 6.20 Å². The second kappa shape index (κ2) is 7.25. The summed E-state index contributed by atoms with van der Waals surface area (Å²) in [5.74, 6) is 0.862. The Morgan fingerprint density at radius 1 is 1.17 bits per heavy atom. The Kier molecular flexibility index (Phi) is 5.52. The van der Waals surface area contributed by atoms with Crippen molar-refractivity contribution in [3.63, 3.8) is 0 Å². The first-order valence-electron chi connectivity index (χ1n) is 10.4. The molecular formula is C21H35BN3O4+. The van der Waals surface area contributed by atoms with Gasteiger partial charge in [-0.3, -0.25) is 0 Å². The fourth-order valence-electron chi connectivity index (χ4n) is 3.50. The number of hydrogen-bond donors (Lipinski definition) is 0. The summed E-state index contributed by atoms with van der Waals surface area (Å²) in [5, 5.41) is 0. The molecule has 0 atom stereocenters. The summed E-state index contributed by atoms with van der Waals surface area (Å²) in [6.45, 7) is 16.6. The largest absolute Gasteiger partial charge is 0.516 e. The van der Waals surface area contributed by atoms with E-state index in [2.05, 4.69) is 9.88 Å². The van der Waals surface area contributed by atoms with Gasteiger partial charge >= 0.3 is 13.2 Å². The number of piperazine rings is 1. The van der Waals surface area contributed by atoms with Crippen LogP contribution in [0.4, 0.5) is 10.6 Å². The first-order valence-corrected chi connectivity index (χ1v) is 10.4. The minimum Gasteiger partial charge on any atom is -0.414 e. The lowest BCUT2D eigenvalue weighted by molar-refractivity contribution is -0.839. The Bertz CT molecular complexity index is 751. The predicted molar refractivity (Wildman–Crippen MR) is 114 cm³/mol. The Labute approximate surface area is 175 Å². The lowest BCUT2D eigenvalue weighted by Gasteiger charge is -2.40. The molecular weight excluding hydrogens is 369 g/mol. The van der Waals surface area contributed by atoms with Crippen molar-refractivity contribution in [2.24, 2.45) is 0 Å². The van der Waals surface area contributed by atoms with Crippen LogP contribution in [-0.2, 0) is 14.0 Å². The number of amides is 1. The van der Waals surface area contributed by atoms with E-state index in [0.29, 0.717) is 26.2 Å². The highest BCUT2D eigenvalue weighted by atomic mass is 16.7. The minimum atomic E-state index is -0.486. The smallest absolute Gasteiger partial charge is 0.414 e. The van der Waals surface area contributed by atoms with Crippen molar-refractivity contribution >= 4 is 24.5 Å². The number of likely N-dealkylation sites (N-methyl/N-ethyl adjacent to an activating group) is 1. The molecule has 7 nitrogen and oxygen atoms in total. The van der Waals surface area contributed by atoms with Gasteiger partial charge in [0, 0.05) is 11.7 Å².